The molecule has 0 atom stereocenters. The molecule has 0 spiro atoms. The number of carbonyl (C=O) groups is 1. The van der Waals surface area contributed by atoms with E-state index in [2.05, 4.69) is 0 Å². The molecular formula is C16H13F2N3O. The number of hydrogen-bond donors (Lipinski definition) is 3. The highest BCUT2D eigenvalue weighted by atomic mass is 19.1. The van der Waals surface area contributed by atoms with E-state index in [0.29, 0.717) is 5.56 Å². The zero-order valence-corrected chi connectivity index (χ0v) is 11.4. The number of benzene rings is 2. The summed E-state index contributed by atoms with van der Waals surface area (Å²) in [7, 11) is 0. The van der Waals surface area contributed by atoms with Crippen LogP contribution in [0.25, 0.3) is 5.70 Å². The summed E-state index contributed by atoms with van der Waals surface area (Å²) >= 11 is 0. The Kier molecular flexibility index (Phi) is 4.31. The Hall–Kier alpha value is -3.02. The lowest BCUT2D eigenvalue weighted by atomic mass is 10.00. The summed E-state index contributed by atoms with van der Waals surface area (Å²) in [5.74, 6) is -2.01. The van der Waals surface area contributed by atoms with E-state index < -0.39 is 17.5 Å². The van der Waals surface area contributed by atoms with Crippen LogP contribution in [0, 0.1) is 17.0 Å². The maximum Gasteiger partial charge on any atom is 0.249 e. The molecule has 1 amide bonds. The monoisotopic (exact) mass is 301 g/mol. The second-order valence-electron chi connectivity index (χ2n) is 4.55. The molecule has 2 aromatic rings. The molecule has 0 radical (unpaired) electrons. The molecule has 0 heterocycles. The Labute approximate surface area is 125 Å². The predicted octanol–water partition coefficient (Wildman–Crippen LogP) is 2.43. The van der Waals surface area contributed by atoms with Gasteiger partial charge in [-0.25, -0.2) is 8.78 Å². The maximum absolute atomic E-state index is 13.9. The lowest BCUT2D eigenvalue weighted by Crippen LogP contribution is -2.17. The summed E-state index contributed by atoms with van der Waals surface area (Å²) in [6, 6.07) is 9.10. The van der Waals surface area contributed by atoms with Gasteiger partial charge in [0.2, 0.25) is 5.91 Å². The van der Waals surface area contributed by atoms with E-state index in [-0.39, 0.29) is 22.5 Å². The Morgan fingerprint density at radius 1 is 1.05 bits per heavy atom. The highest BCUT2D eigenvalue weighted by molar-refractivity contribution is 6.15. The van der Waals surface area contributed by atoms with Gasteiger partial charge in [0.25, 0.3) is 0 Å². The number of halogens is 2. The zero-order valence-electron chi connectivity index (χ0n) is 11.4. The van der Waals surface area contributed by atoms with Gasteiger partial charge in [0, 0.05) is 11.3 Å². The van der Waals surface area contributed by atoms with Crippen LogP contribution in [0.5, 0.6) is 0 Å². The topological polar surface area (TPSA) is 93.0 Å². The van der Waals surface area contributed by atoms with Crippen molar-refractivity contribution in [2.24, 2.45) is 11.5 Å². The van der Waals surface area contributed by atoms with Crippen LogP contribution >= 0.6 is 0 Å². The van der Waals surface area contributed by atoms with E-state index >= 15 is 0 Å². The Morgan fingerprint density at radius 2 is 1.68 bits per heavy atom. The Bertz CT molecular complexity index is 767. The highest BCUT2D eigenvalue weighted by Gasteiger charge is 2.16. The van der Waals surface area contributed by atoms with Crippen molar-refractivity contribution in [1.29, 1.82) is 5.41 Å². The summed E-state index contributed by atoms with van der Waals surface area (Å²) < 4.78 is 26.8. The Morgan fingerprint density at radius 3 is 2.27 bits per heavy atom. The number of carbonyl (C=O) groups excluding carboxylic acids is 1. The van der Waals surface area contributed by atoms with Crippen molar-refractivity contribution in [2.75, 3.05) is 0 Å². The highest BCUT2D eigenvalue weighted by Crippen LogP contribution is 2.17. The summed E-state index contributed by atoms with van der Waals surface area (Å²) in [4.78, 5) is 11.3. The fourth-order valence-electron chi connectivity index (χ4n) is 1.96. The quantitative estimate of drug-likeness (QED) is 0.757. The first-order valence-electron chi connectivity index (χ1n) is 6.30. The van der Waals surface area contributed by atoms with Gasteiger partial charge in [0.05, 0.1) is 11.3 Å². The number of nitrogens with two attached hydrogens (primary N) is 2. The first kappa shape index (κ1) is 15.4. The van der Waals surface area contributed by atoms with E-state index in [1.165, 1.54) is 42.5 Å². The first-order chi connectivity index (χ1) is 10.4. The third-order valence-corrected chi connectivity index (χ3v) is 3.03. The second-order valence-corrected chi connectivity index (χ2v) is 4.55. The van der Waals surface area contributed by atoms with Crippen LogP contribution in [-0.4, -0.2) is 11.6 Å². The minimum absolute atomic E-state index is 0.104. The van der Waals surface area contributed by atoms with E-state index in [9.17, 15) is 13.6 Å². The van der Waals surface area contributed by atoms with Crippen molar-refractivity contribution < 1.29 is 13.6 Å². The fraction of sp³-hybridized carbons (Fsp3) is 0. The van der Waals surface area contributed by atoms with Crippen molar-refractivity contribution in [3.63, 3.8) is 0 Å². The minimum Gasteiger partial charge on any atom is -0.398 e. The van der Waals surface area contributed by atoms with Crippen LogP contribution in [0.15, 0.2) is 48.5 Å². The molecule has 0 unspecified atom stereocenters. The average Bonchev–Trinajstić information content (AvgIpc) is 2.47. The molecule has 5 N–H and O–H groups in total. The second kappa shape index (κ2) is 6.17. The lowest BCUT2D eigenvalue weighted by Gasteiger charge is -2.08. The number of amides is 1. The summed E-state index contributed by atoms with van der Waals surface area (Å²) in [5, 5.41) is 7.95. The molecular weight excluding hydrogens is 288 g/mol. The maximum atomic E-state index is 13.9. The van der Waals surface area contributed by atoms with E-state index in [4.69, 9.17) is 16.9 Å². The van der Waals surface area contributed by atoms with Gasteiger partial charge in [0.1, 0.15) is 11.6 Å². The van der Waals surface area contributed by atoms with E-state index in [0.717, 1.165) is 6.07 Å². The third-order valence-electron chi connectivity index (χ3n) is 3.03. The minimum atomic E-state index is -0.840. The van der Waals surface area contributed by atoms with Crippen molar-refractivity contribution >= 4 is 17.3 Å². The van der Waals surface area contributed by atoms with Crippen LogP contribution in [0.3, 0.4) is 0 Å². The van der Waals surface area contributed by atoms with E-state index in [1.807, 2.05) is 0 Å². The van der Waals surface area contributed by atoms with Crippen molar-refractivity contribution in [3.8, 4) is 0 Å². The van der Waals surface area contributed by atoms with Crippen molar-refractivity contribution in [2.45, 2.75) is 0 Å². The van der Waals surface area contributed by atoms with Gasteiger partial charge in [-0.1, -0.05) is 18.2 Å². The molecule has 2 aromatic carbocycles. The van der Waals surface area contributed by atoms with Crippen molar-refractivity contribution in [3.05, 3.63) is 76.9 Å². The fourth-order valence-corrected chi connectivity index (χ4v) is 1.96. The van der Waals surface area contributed by atoms with Crippen LogP contribution in [0.4, 0.5) is 8.78 Å². The van der Waals surface area contributed by atoms with Gasteiger partial charge in [-0.2, -0.15) is 0 Å². The summed E-state index contributed by atoms with van der Waals surface area (Å²) in [6.45, 7) is 0. The SMILES string of the molecule is N=C(/C=C(\N)c1ccc(F)cc1)c1c(F)cccc1C(N)=O. The molecule has 0 saturated carbocycles. The van der Waals surface area contributed by atoms with Crippen molar-refractivity contribution in [1.82, 2.24) is 0 Å². The lowest BCUT2D eigenvalue weighted by molar-refractivity contribution is 0.0999. The molecule has 0 saturated heterocycles. The predicted molar refractivity (Wildman–Crippen MR) is 80.3 cm³/mol. The van der Waals surface area contributed by atoms with Gasteiger partial charge < -0.3 is 16.9 Å². The molecule has 0 aliphatic heterocycles. The molecule has 0 bridgehead atoms. The average molecular weight is 301 g/mol. The molecule has 0 aliphatic rings. The third kappa shape index (κ3) is 3.17. The molecule has 0 fully saturated rings. The van der Waals surface area contributed by atoms with Crippen LogP contribution in [0.2, 0.25) is 0 Å². The number of rotatable bonds is 4. The standard InChI is InChI=1S/C16H13F2N3O/c17-10-6-4-9(5-7-10)13(19)8-14(20)15-11(16(21)22)2-1-3-12(15)18/h1-8,20H,19H2,(H2,21,22)/b13-8-,20-14?. The van der Waals surface area contributed by atoms with E-state index in [1.54, 1.807) is 0 Å². The summed E-state index contributed by atoms with van der Waals surface area (Å²) in [5.41, 5.74) is 11.0. The number of hydrogen-bond acceptors (Lipinski definition) is 3. The van der Waals surface area contributed by atoms with Gasteiger partial charge in [-0.15, -0.1) is 0 Å². The zero-order chi connectivity index (χ0) is 16.3. The number of primary amides is 1. The van der Waals surface area contributed by atoms with Crippen LogP contribution < -0.4 is 11.5 Å². The van der Waals surface area contributed by atoms with Crippen LogP contribution in [0.1, 0.15) is 21.5 Å². The molecule has 22 heavy (non-hydrogen) atoms. The molecule has 112 valence electrons. The smallest absolute Gasteiger partial charge is 0.249 e. The van der Waals surface area contributed by atoms with Gasteiger partial charge >= 0.3 is 0 Å². The molecule has 0 aliphatic carbocycles. The summed E-state index contributed by atoms with van der Waals surface area (Å²) in [6.07, 6.45) is 1.19. The molecule has 6 heteroatoms. The Balaban J connectivity index is 2.42. The molecule has 2 rings (SSSR count). The van der Waals surface area contributed by atoms with Gasteiger partial charge in [-0.05, 0) is 35.9 Å². The van der Waals surface area contributed by atoms with Crippen LogP contribution in [-0.2, 0) is 0 Å². The van der Waals surface area contributed by atoms with Gasteiger partial charge in [-0.3, -0.25) is 4.79 Å². The molecule has 4 nitrogen and oxygen atoms in total. The normalized spacial score (nSPS) is 11.3. The number of allylic oxidation sites excluding steroid dienone is 1. The number of nitrogens with one attached hydrogen (secondary N) is 1. The largest absolute Gasteiger partial charge is 0.398 e. The van der Waals surface area contributed by atoms with Gasteiger partial charge in [0.15, 0.2) is 0 Å². The molecule has 0 aromatic heterocycles. The first-order valence-corrected chi connectivity index (χ1v) is 6.30.